The van der Waals surface area contributed by atoms with Gasteiger partial charge in [0.15, 0.2) is 0 Å². The molecule has 0 radical (unpaired) electrons. The average Bonchev–Trinajstić information content (AvgIpc) is 2.78. The van der Waals surface area contributed by atoms with Crippen LogP contribution in [0, 0.1) is 16.0 Å². The number of benzene rings is 1. The molecule has 1 saturated heterocycles. The zero-order valence-electron chi connectivity index (χ0n) is 11.5. The molecule has 0 spiro atoms. The Bertz CT molecular complexity index is 553. The second kappa shape index (κ2) is 7.06. The number of carbonyl (C=O) groups excluding carboxylic acids is 1. The number of nitro benzene ring substituents is 1. The van der Waals surface area contributed by atoms with Crippen LogP contribution in [0.4, 0.5) is 5.69 Å². The first-order chi connectivity index (χ1) is 9.43. The van der Waals surface area contributed by atoms with Crippen LogP contribution in [0.15, 0.2) is 18.2 Å². The van der Waals surface area contributed by atoms with E-state index in [-0.39, 0.29) is 41.5 Å². The van der Waals surface area contributed by atoms with Crippen LogP contribution in [0.1, 0.15) is 23.7 Å². The van der Waals surface area contributed by atoms with Gasteiger partial charge in [-0.3, -0.25) is 14.9 Å². The second-order valence-electron chi connectivity index (χ2n) is 5.06. The van der Waals surface area contributed by atoms with E-state index in [0.29, 0.717) is 18.1 Å². The summed E-state index contributed by atoms with van der Waals surface area (Å²) in [6.45, 7) is 2.95. The Morgan fingerprint density at radius 3 is 2.76 bits per heavy atom. The molecule has 1 aromatic carbocycles. The van der Waals surface area contributed by atoms with E-state index in [0.717, 1.165) is 6.42 Å². The van der Waals surface area contributed by atoms with Crippen LogP contribution < -0.4 is 5.73 Å². The van der Waals surface area contributed by atoms with Gasteiger partial charge in [0, 0.05) is 23.7 Å². The molecule has 8 heteroatoms. The highest BCUT2D eigenvalue weighted by Crippen LogP contribution is 2.29. The van der Waals surface area contributed by atoms with E-state index >= 15 is 0 Å². The summed E-state index contributed by atoms with van der Waals surface area (Å²) < 4.78 is 0. The number of nitrogens with two attached hydrogens (primary N) is 1. The van der Waals surface area contributed by atoms with E-state index in [1.807, 2.05) is 6.92 Å². The summed E-state index contributed by atoms with van der Waals surface area (Å²) in [6, 6.07) is 4.04. The minimum Gasteiger partial charge on any atom is -0.335 e. The van der Waals surface area contributed by atoms with Gasteiger partial charge in [-0.15, -0.1) is 12.4 Å². The Labute approximate surface area is 133 Å². The summed E-state index contributed by atoms with van der Waals surface area (Å²) in [5.41, 5.74) is 5.45. The van der Waals surface area contributed by atoms with Gasteiger partial charge in [0.05, 0.1) is 4.92 Å². The lowest BCUT2D eigenvalue weighted by atomic mass is 10.1. The topological polar surface area (TPSA) is 89.5 Å². The van der Waals surface area contributed by atoms with Crippen molar-refractivity contribution >= 4 is 35.6 Å². The molecule has 2 atom stereocenters. The molecule has 1 fully saturated rings. The molecule has 2 unspecified atom stereocenters. The molecular formula is C13H17Cl2N3O3. The summed E-state index contributed by atoms with van der Waals surface area (Å²) in [5, 5.41) is 11.3. The number of nitro groups is 1. The van der Waals surface area contributed by atoms with Crippen molar-refractivity contribution in [2.75, 3.05) is 13.1 Å². The van der Waals surface area contributed by atoms with E-state index in [2.05, 4.69) is 0 Å². The normalized spacial score (nSPS) is 21.0. The number of nitrogens with zero attached hydrogens (tertiary/aromatic N) is 2. The quantitative estimate of drug-likeness (QED) is 0.679. The molecule has 116 valence electrons. The molecule has 0 bridgehead atoms. The lowest BCUT2D eigenvalue weighted by Gasteiger charge is -2.21. The fraction of sp³-hybridized carbons (Fsp3) is 0.462. The van der Waals surface area contributed by atoms with Crippen molar-refractivity contribution in [1.82, 2.24) is 4.90 Å². The van der Waals surface area contributed by atoms with Crippen LogP contribution in [0.5, 0.6) is 0 Å². The number of hydrogen-bond acceptors (Lipinski definition) is 4. The number of rotatable bonds is 3. The van der Waals surface area contributed by atoms with Gasteiger partial charge >= 0.3 is 0 Å². The summed E-state index contributed by atoms with van der Waals surface area (Å²) in [6.07, 6.45) is 0.816. The largest absolute Gasteiger partial charge is 0.335 e. The van der Waals surface area contributed by atoms with Gasteiger partial charge < -0.3 is 10.6 Å². The van der Waals surface area contributed by atoms with Crippen molar-refractivity contribution in [3.05, 3.63) is 38.9 Å². The molecular weight excluding hydrogens is 317 g/mol. The van der Waals surface area contributed by atoms with Crippen LogP contribution in [0.3, 0.4) is 0 Å². The Hall–Kier alpha value is -1.37. The molecule has 6 nitrogen and oxygen atoms in total. The SMILES string of the molecule is CC1CC(CN)CN1C(=O)c1cc(Cl)ccc1[N+](=O)[O-].Cl. The average molecular weight is 334 g/mol. The van der Waals surface area contributed by atoms with Crippen molar-refractivity contribution in [3.63, 3.8) is 0 Å². The third-order valence-electron chi connectivity index (χ3n) is 3.64. The molecule has 21 heavy (non-hydrogen) atoms. The summed E-state index contributed by atoms with van der Waals surface area (Å²) in [7, 11) is 0. The van der Waals surface area contributed by atoms with E-state index in [1.165, 1.54) is 18.2 Å². The number of likely N-dealkylation sites (tertiary alicyclic amines) is 1. The molecule has 2 rings (SSSR count). The monoisotopic (exact) mass is 333 g/mol. The molecule has 1 amide bonds. The van der Waals surface area contributed by atoms with Crippen molar-refractivity contribution in [2.45, 2.75) is 19.4 Å². The van der Waals surface area contributed by atoms with Crippen LogP contribution in [-0.4, -0.2) is 34.9 Å². The Morgan fingerprint density at radius 1 is 1.57 bits per heavy atom. The molecule has 0 aromatic heterocycles. The maximum Gasteiger partial charge on any atom is 0.282 e. The molecule has 0 saturated carbocycles. The first-order valence-electron chi connectivity index (χ1n) is 6.39. The highest BCUT2D eigenvalue weighted by atomic mass is 35.5. The van der Waals surface area contributed by atoms with Gasteiger partial charge in [0.1, 0.15) is 5.56 Å². The molecule has 1 heterocycles. The predicted molar refractivity (Wildman–Crippen MR) is 83.0 cm³/mol. The van der Waals surface area contributed by atoms with Gasteiger partial charge in [-0.1, -0.05) is 11.6 Å². The molecule has 0 aliphatic carbocycles. The summed E-state index contributed by atoms with van der Waals surface area (Å²) >= 11 is 5.85. The zero-order chi connectivity index (χ0) is 14.9. The predicted octanol–water partition coefficient (Wildman–Crippen LogP) is 2.48. The molecule has 2 N–H and O–H groups in total. The van der Waals surface area contributed by atoms with Crippen LogP contribution in [0.25, 0.3) is 0 Å². The molecule has 1 aromatic rings. The maximum absolute atomic E-state index is 12.5. The molecule has 1 aliphatic heterocycles. The Morgan fingerprint density at radius 2 is 2.24 bits per heavy atom. The number of hydrogen-bond donors (Lipinski definition) is 1. The van der Waals surface area contributed by atoms with E-state index in [4.69, 9.17) is 17.3 Å². The van der Waals surface area contributed by atoms with Crippen LogP contribution >= 0.6 is 24.0 Å². The zero-order valence-corrected chi connectivity index (χ0v) is 13.1. The fourth-order valence-electron chi connectivity index (χ4n) is 2.59. The van der Waals surface area contributed by atoms with Crippen molar-refractivity contribution < 1.29 is 9.72 Å². The number of halogens is 2. The van der Waals surface area contributed by atoms with E-state index < -0.39 is 4.92 Å². The van der Waals surface area contributed by atoms with Crippen LogP contribution in [0.2, 0.25) is 5.02 Å². The Kier molecular flexibility index (Phi) is 5.95. The maximum atomic E-state index is 12.5. The third kappa shape index (κ3) is 3.64. The standard InChI is InChI=1S/C13H16ClN3O3.ClH/c1-8-4-9(6-15)7-16(8)13(18)11-5-10(14)2-3-12(11)17(19)20;/h2-3,5,8-9H,4,6-7,15H2,1H3;1H. The van der Waals surface area contributed by atoms with Gasteiger partial charge in [0.25, 0.3) is 11.6 Å². The minimum atomic E-state index is -0.565. The van der Waals surface area contributed by atoms with E-state index in [1.54, 1.807) is 4.90 Å². The van der Waals surface area contributed by atoms with Crippen molar-refractivity contribution in [3.8, 4) is 0 Å². The van der Waals surface area contributed by atoms with Gasteiger partial charge in [-0.25, -0.2) is 0 Å². The first-order valence-corrected chi connectivity index (χ1v) is 6.76. The lowest BCUT2D eigenvalue weighted by molar-refractivity contribution is -0.385. The van der Waals surface area contributed by atoms with Crippen molar-refractivity contribution in [2.24, 2.45) is 11.7 Å². The van der Waals surface area contributed by atoms with Gasteiger partial charge in [-0.05, 0) is 37.9 Å². The minimum absolute atomic E-state index is 0. The highest BCUT2D eigenvalue weighted by molar-refractivity contribution is 6.31. The van der Waals surface area contributed by atoms with Crippen molar-refractivity contribution in [1.29, 1.82) is 0 Å². The fourth-order valence-corrected chi connectivity index (χ4v) is 2.76. The highest BCUT2D eigenvalue weighted by Gasteiger charge is 2.34. The number of amides is 1. The summed E-state index contributed by atoms with van der Waals surface area (Å²) in [5.74, 6) is -0.116. The third-order valence-corrected chi connectivity index (χ3v) is 3.88. The Balaban J connectivity index is 0.00000220. The van der Waals surface area contributed by atoms with Gasteiger partial charge in [-0.2, -0.15) is 0 Å². The van der Waals surface area contributed by atoms with Gasteiger partial charge in [0.2, 0.25) is 0 Å². The second-order valence-corrected chi connectivity index (χ2v) is 5.50. The lowest BCUT2D eigenvalue weighted by Crippen LogP contribution is -2.34. The summed E-state index contributed by atoms with van der Waals surface area (Å²) in [4.78, 5) is 24.6. The van der Waals surface area contributed by atoms with E-state index in [9.17, 15) is 14.9 Å². The number of carbonyl (C=O) groups is 1. The molecule has 1 aliphatic rings. The first kappa shape index (κ1) is 17.7. The smallest absolute Gasteiger partial charge is 0.282 e. The van der Waals surface area contributed by atoms with Crippen LogP contribution in [-0.2, 0) is 0 Å².